The van der Waals surface area contributed by atoms with E-state index in [1.165, 1.54) is 0 Å². The van der Waals surface area contributed by atoms with E-state index < -0.39 is 5.97 Å². The van der Waals surface area contributed by atoms with E-state index in [0.717, 1.165) is 16.8 Å². The highest BCUT2D eigenvalue weighted by molar-refractivity contribution is 5.87. The first-order valence-electron chi connectivity index (χ1n) is 5.47. The van der Waals surface area contributed by atoms with Gasteiger partial charge in [0.1, 0.15) is 0 Å². The number of nitrogens with zero attached hydrogens (tertiary/aromatic N) is 2. The fraction of sp³-hybridized carbons (Fsp3) is 0.231. The summed E-state index contributed by atoms with van der Waals surface area (Å²) in [5.41, 5.74) is 2.82. The monoisotopic (exact) mass is 246 g/mol. The molecule has 0 bridgehead atoms. The summed E-state index contributed by atoms with van der Waals surface area (Å²) in [4.78, 5) is 10.8. The quantitative estimate of drug-likeness (QED) is 0.895. The molecule has 5 nitrogen and oxygen atoms in total. The number of aromatic nitrogens is 2. The molecule has 94 valence electrons. The molecule has 1 heterocycles. The topological polar surface area (TPSA) is 64.3 Å². The van der Waals surface area contributed by atoms with E-state index in [4.69, 9.17) is 9.84 Å². The second-order valence-corrected chi connectivity index (χ2v) is 3.97. The Hall–Kier alpha value is -2.14. The molecule has 0 saturated heterocycles. The van der Waals surface area contributed by atoms with Crippen molar-refractivity contribution < 1.29 is 14.6 Å². The van der Waals surface area contributed by atoms with Gasteiger partial charge in [0.25, 0.3) is 0 Å². The van der Waals surface area contributed by atoms with Crippen LogP contribution in [0.2, 0.25) is 0 Å². The van der Waals surface area contributed by atoms with Crippen molar-refractivity contribution in [2.45, 2.75) is 6.61 Å². The van der Waals surface area contributed by atoms with Crippen LogP contribution in [0.1, 0.15) is 16.1 Å². The molecule has 2 rings (SSSR count). The van der Waals surface area contributed by atoms with Crippen molar-refractivity contribution in [2.75, 3.05) is 7.11 Å². The molecule has 0 radical (unpaired) electrons. The maximum atomic E-state index is 10.8. The Balaban J connectivity index is 2.33. The number of hydrogen-bond acceptors (Lipinski definition) is 3. The van der Waals surface area contributed by atoms with Gasteiger partial charge in [-0.3, -0.25) is 4.68 Å². The first-order chi connectivity index (χ1) is 8.61. The van der Waals surface area contributed by atoms with Crippen molar-refractivity contribution in [3.63, 3.8) is 0 Å². The number of carboxylic acid groups (broad SMARTS) is 1. The molecule has 1 aromatic carbocycles. The molecule has 18 heavy (non-hydrogen) atoms. The van der Waals surface area contributed by atoms with Gasteiger partial charge in [-0.15, -0.1) is 0 Å². The number of benzene rings is 1. The lowest BCUT2D eigenvalue weighted by Gasteiger charge is -2.03. The number of hydrogen-bond donors (Lipinski definition) is 1. The minimum Gasteiger partial charge on any atom is -0.476 e. The van der Waals surface area contributed by atoms with Gasteiger partial charge in [0, 0.05) is 14.2 Å². The lowest BCUT2D eigenvalue weighted by atomic mass is 10.1. The molecule has 0 amide bonds. The average Bonchev–Trinajstić information content (AvgIpc) is 2.73. The third kappa shape index (κ3) is 2.41. The largest absolute Gasteiger partial charge is 0.476 e. The average molecular weight is 246 g/mol. The molecular weight excluding hydrogens is 232 g/mol. The smallest absolute Gasteiger partial charge is 0.356 e. The molecule has 5 heteroatoms. The van der Waals surface area contributed by atoms with E-state index >= 15 is 0 Å². The molecule has 0 unspecified atom stereocenters. The van der Waals surface area contributed by atoms with Gasteiger partial charge in [0.05, 0.1) is 12.3 Å². The van der Waals surface area contributed by atoms with Crippen molar-refractivity contribution >= 4 is 5.97 Å². The van der Waals surface area contributed by atoms with E-state index in [9.17, 15) is 4.79 Å². The van der Waals surface area contributed by atoms with Crippen LogP contribution >= 0.6 is 0 Å². The Labute approximate surface area is 105 Å². The van der Waals surface area contributed by atoms with Gasteiger partial charge in [0.15, 0.2) is 5.69 Å². The normalized spacial score (nSPS) is 10.6. The van der Waals surface area contributed by atoms with Gasteiger partial charge < -0.3 is 9.84 Å². The molecular formula is C13H14N2O3. The Bertz CT molecular complexity index is 558. The highest BCUT2D eigenvalue weighted by atomic mass is 16.5. The summed E-state index contributed by atoms with van der Waals surface area (Å²) in [6.45, 7) is 0.562. The molecule has 0 fully saturated rings. The van der Waals surface area contributed by atoms with Crippen LogP contribution in [0.25, 0.3) is 11.3 Å². The van der Waals surface area contributed by atoms with Crippen LogP contribution in [0.3, 0.4) is 0 Å². The molecule has 0 saturated carbocycles. The molecule has 1 aromatic heterocycles. The number of ether oxygens (including phenoxy) is 1. The van der Waals surface area contributed by atoms with E-state index in [1.54, 1.807) is 24.9 Å². The highest BCUT2D eigenvalue weighted by Gasteiger charge is 2.12. The predicted octanol–water partition coefficient (Wildman–Crippen LogP) is 1.93. The minimum atomic E-state index is -1.02. The molecule has 1 N–H and O–H groups in total. The summed E-state index contributed by atoms with van der Waals surface area (Å²) >= 11 is 0. The van der Waals surface area contributed by atoms with Crippen LogP contribution in [-0.4, -0.2) is 28.0 Å². The van der Waals surface area contributed by atoms with Gasteiger partial charge in [-0.1, -0.05) is 24.3 Å². The summed E-state index contributed by atoms with van der Waals surface area (Å²) in [7, 11) is 3.37. The van der Waals surface area contributed by atoms with Gasteiger partial charge in [-0.05, 0) is 17.2 Å². The van der Waals surface area contributed by atoms with Crippen molar-refractivity contribution in [3.05, 3.63) is 41.6 Å². The summed E-state index contributed by atoms with van der Waals surface area (Å²) in [5.74, 6) is -1.02. The Morgan fingerprint density at radius 2 is 2.06 bits per heavy atom. The maximum absolute atomic E-state index is 10.8. The number of methoxy groups -OCH3 is 1. The number of aryl methyl sites for hydroxylation is 1. The molecule has 0 aliphatic rings. The maximum Gasteiger partial charge on any atom is 0.356 e. The summed E-state index contributed by atoms with van der Waals surface area (Å²) in [6, 6.07) is 9.32. The second kappa shape index (κ2) is 5.01. The van der Waals surface area contributed by atoms with Gasteiger partial charge in [0.2, 0.25) is 0 Å². The van der Waals surface area contributed by atoms with Crippen molar-refractivity contribution in [3.8, 4) is 11.3 Å². The lowest BCUT2D eigenvalue weighted by Crippen LogP contribution is -1.99. The predicted molar refractivity (Wildman–Crippen MR) is 66.3 cm³/mol. The zero-order valence-electron chi connectivity index (χ0n) is 10.3. The molecule has 2 aromatic rings. The van der Waals surface area contributed by atoms with Gasteiger partial charge in [-0.25, -0.2) is 4.79 Å². The van der Waals surface area contributed by atoms with Crippen LogP contribution in [0.15, 0.2) is 30.3 Å². The zero-order chi connectivity index (χ0) is 13.1. The van der Waals surface area contributed by atoms with Crippen LogP contribution in [0, 0.1) is 0 Å². The zero-order valence-corrected chi connectivity index (χ0v) is 10.3. The molecule has 0 atom stereocenters. The van der Waals surface area contributed by atoms with Crippen molar-refractivity contribution in [1.82, 2.24) is 9.78 Å². The standard InChI is InChI=1S/C13H14N2O3/c1-15-12(7-11(14-15)13(16)17)10-5-3-9(4-6-10)8-18-2/h3-7H,8H2,1-2H3,(H,16,17). The molecule has 0 aliphatic heterocycles. The van der Waals surface area contributed by atoms with E-state index in [-0.39, 0.29) is 5.69 Å². The third-order valence-corrected chi connectivity index (χ3v) is 2.66. The Kier molecular flexibility index (Phi) is 3.43. The Morgan fingerprint density at radius 3 is 2.56 bits per heavy atom. The summed E-state index contributed by atoms with van der Waals surface area (Å²) in [6.07, 6.45) is 0. The first-order valence-corrected chi connectivity index (χ1v) is 5.47. The fourth-order valence-electron chi connectivity index (χ4n) is 1.78. The first kappa shape index (κ1) is 12.3. The third-order valence-electron chi connectivity index (χ3n) is 2.66. The van der Waals surface area contributed by atoms with Gasteiger partial charge in [-0.2, -0.15) is 5.10 Å². The second-order valence-electron chi connectivity index (χ2n) is 3.97. The summed E-state index contributed by atoms with van der Waals surface area (Å²) < 4.78 is 6.60. The van der Waals surface area contributed by atoms with E-state index in [2.05, 4.69) is 5.10 Å². The van der Waals surface area contributed by atoms with Crippen molar-refractivity contribution in [1.29, 1.82) is 0 Å². The van der Waals surface area contributed by atoms with Crippen LogP contribution in [0.4, 0.5) is 0 Å². The minimum absolute atomic E-state index is 0.0495. The summed E-state index contributed by atoms with van der Waals surface area (Å²) in [5, 5.41) is 12.8. The van der Waals surface area contributed by atoms with Gasteiger partial charge >= 0.3 is 5.97 Å². The number of carboxylic acids is 1. The SMILES string of the molecule is COCc1ccc(-c2cc(C(=O)O)nn2C)cc1. The number of rotatable bonds is 4. The molecule has 0 aliphatic carbocycles. The lowest BCUT2D eigenvalue weighted by molar-refractivity contribution is 0.0689. The van der Waals surface area contributed by atoms with Crippen LogP contribution < -0.4 is 0 Å². The molecule has 0 spiro atoms. The Morgan fingerprint density at radius 1 is 1.39 bits per heavy atom. The van der Waals surface area contributed by atoms with Crippen molar-refractivity contribution in [2.24, 2.45) is 7.05 Å². The number of aromatic carboxylic acids is 1. The van der Waals surface area contributed by atoms with E-state index in [0.29, 0.717) is 6.61 Å². The number of carbonyl (C=O) groups is 1. The van der Waals surface area contributed by atoms with Crippen LogP contribution in [-0.2, 0) is 18.4 Å². The highest BCUT2D eigenvalue weighted by Crippen LogP contribution is 2.20. The van der Waals surface area contributed by atoms with Crippen LogP contribution in [0.5, 0.6) is 0 Å². The fourth-order valence-corrected chi connectivity index (χ4v) is 1.78. The van der Waals surface area contributed by atoms with E-state index in [1.807, 2.05) is 24.3 Å².